The van der Waals surface area contributed by atoms with Crippen LogP contribution in [0.3, 0.4) is 0 Å². The summed E-state index contributed by atoms with van der Waals surface area (Å²) < 4.78 is 12.3. The van der Waals surface area contributed by atoms with Crippen molar-refractivity contribution in [1.29, 1.82) is 0 Å². The summed E-state index contributed by atoms with van der Waals surface area (Å²) in [4.78, 5) is 19.1. The molecule has 10 rings (SSSR count). The van der Waals surface area contributed by atoms with Gasteiger partial charge in [-0.05, 0) is 133 Å². The molecular formula is C80H92ClLiN2O3PS2+. The van der Waals surface area contributed by atoms with Gasteiger partial charge in [-0.15, -0.1) is 35.1 Å². The summed E-state index contributed by atoms with van der Waals surface area (Å²) in [6.45, 7) is 14.3. The fourth-order valence-corrected chi connectivity index (χ4v) is 16.3. The molecule has 0 aliphatic rings. The van der Waals surface area contributed by atoms with E-state index in [1.165, 1.54) is 101 Å². The number of rotatable bonds is 30. The summed E-state index contributed by atoms with van der Waals surface area (Å²) >= 11 is 3.61. The van der Waals surface area contributed by atoms with Crippen LogP contribution in [0.15, 0.2) is 253 Å². The Morgan fingerprint density at radius 3 is 1.23 bits per heavy atom. The van der Waals surface area contributed by atoms with Crippen molar-refractivity contribution in [2.75, 3.05) is 36.0 Å². The van der Waals surface area contributed by atoms with Crippen molar-refractivity contribution < 1.29 is 33.1 Å². The molecule has 464 valence electrons. The summed E-state index contributed by atoms with van der Waals surface area (Å²) in [5.41, 5.74) is 6.42. The summed E-state index contributed by atoms with van der Waals surface area (Å²) in [5, 5.41) is 8.63. The van der Waals surface area contributed by atoms with E-state index in [4.69, 9.17) is 9.47 Å². The Balaban J connectivity index is 0.000000232. The van der Waals surface area contributed by atoms with Gasteiger partial charge in [0.1, 0.15) is 54.1 Å². The SMILES string of the molecule is CCCCCN(CCCC)c1ccc(C=Cc2cccs2)c(OCc2ccccc2)c1.CCCCCN(CCCC)c1ccc(C=O)c(OCc2ccccc2)c1.Cl.[Li+].[c-]1ccccc1.c1ccc([P+](Cc2cccs2)(c2ccccc2)c2ccccc2)cc1. The molecule has 8 aromatic carbocycles. The molecule has 0 spiro atoms. The van der Waals surface area contributed by atoms with E-state index in [2.05, 4.69) is 224 Å². The Morgan fingerprint density at radius 1 is 0.433 bits per heavy atom. The molecule has 10 aromatic rings. The van der Waals surface area contributed by atoms with Crippen LogP contribution in [0.2, 0.25) is 0 Å². The molecule has 0 unspecified atom stereocenters. The molecule has 2 aromatic heterocycles. The molecule has 5 nitrogen and oxygen atoms in total. The van der Waals surface area contributed by atoms with E-state index in [-0.39, 0.29) is 31.3 Å². The Morgan fingerprint density at radius 2 is 0.844 bits per heavy atom. The van der Waals surface area contributed by atoms with Gasteiger partial charge in [0.2, 0.25) is 0 Å². The van der Waals surface area contributed by atoms with Crippen LogP contribution >= 0.6 is 42.3 Å². The maximum Gasteiger partial charge on any atom is 1.00 e. The van der Waals surface area contributed by atoms with Gasteiger partial charge in [-0.25, -0.2) is 0 Å². The zero-order valence-corrected chi connectivity index (χ0v) is 57.1. The number of unbranched alkanes of at least 4 members (excludes halogenated alkanes) is 6. The van der Waals surface area contributed by atoms with Crippen molar-refractivity contribution in [2.45, 2.75) is 111 Å². The van der Waals surface area contributed by atoms with Gasteiger partial charge in [-0.3, -0.25) is 4.79 Å². The van der Waals surface area contributed by atoms with E-state index < -0.39 is 7.26 Å². The molecule has 0 aliphatic carbocycles. The van der Waals surface area contributed by atoms with Crippen LogP contribution in [0.5, 0.6) is 11.5 Å². The number of carbonyl (C=O) groups is 1. The van der Waals surface area contributed by atoms with E-state index in [0.717, 1.165) is 61.2 Å². The van der Waals surface area contributed by atoms with Crippen molar-refractivity contribution in [3.8, 4) is 11.5 Å². The van der Waals surface area contributed by atoms with Crippen LogP contribution in [0.1, 0.15) is 129 Å². The smallest absolute Gasteiger partial charge is 0.488 e. The maximum absolute atomic E-state index is 11.4. The van der Waals surface area contributed by atoms with E-state index in [1.807, 2.05) is 96.3 Å². The molecule has 0 aliphatic heterocycles. The molecular weight excluding hydrogens is 1170 g/mol. The summed E-state index contributed by atoms with van der Waals surface area (Å²) in [5.74, 6) is 1.62. The van der Waals surface area contributed by atoms with Gasteiger partial charge in [-0.2, -0.15) is 36.4 Å². The van der Waals surface area contributed by atoms with Crippen molar-refractivity contribution in [3.63, 3.8) is 0 Å². The minimum absolute atomic E-state index is 0. The monoisotopic (exact) mass is 1270 g/mol. The predicted molar refractivity (Wildman–Crippen MR) is 392 cm³/mol. The second-order valence-corrected chi connectivity index (χ2v) is 27.2. The number of carbonyl (C=O) groups excluding carboxylic acids is 1. The number of hydrogen-bond acceptors (Lipinski definition) is 7. The number of halogens is 1. The number of hydrogen-bond donors (Lipinski definition) is 0. The Labute approximate surface area is 567 Å². The van der Waals surface area contributed by atoms with Gasteiger partial charge in [0.05, 0.1) is 5.56 Å². The second kappa shape index (κ2) is 43.7. The van der Waals surface area contributed by atoms with Gasteiger partial charge in [0.25, 0.3) is 0 Å². The van der Waals surface area contributed by atoms with Gasteiger partial charge in [0, 0.05) is 65.0 Å². The molecule has 0 atom stereocenters. The van der Waals surface area contributed by atoms with Crippen LogP contribution < -0.4 is 54.0 Å². The third kappa shape index (κ3) is 24.7. The summed E-state index contributed by atoms with van der Waals surface area (Å²) in [6, 6.07) is 87.4. The Hall–Kier alpha value is -6.91. The number of benzene rings is 8. The molecule has 0 amide bonds. The quantitative estimate of drug-likeness (QED) is 0.0148. The van der Waals surface area contributed by atoms with Gasteiger partial charge < -0.3 is 19.3 Å². The second-order valence-electron chi connectivity index (χ2n) is 21.7. The van der Waals surface area contributed by atoms with Crippen molar-refractivity contribution in [2.24, 2.45) is 0 Å². The number of aldehydes is 1. The molecule has 90 heavy (non-hydrogen) atoms. The number of ether oxygens (including phenoxy) is 2. The molecule has 0 N–H and O–H groups in total. The van der Waals surface area contributed by atoms with Crippen LogP contribution in [0.4, 0.5) is 11.4 Å². The molecule has 0 bridgehead atoms. The van der Waals surface area contributed by atoms with E-state index in [0.29, 0.717) is 24.5 Å². The molecule has 0 saturated carbocycles. The minimum atomic E-state index is -1.73. The maximum atomic E-state index is 11.4. The number of thiophene rings is 2. The van der Waals surface area contributed by atoms with Gasteiger partial charge in [0.15, 0.2) is 6.29 Å². The topological polar surface area (TPSA) is 42.0 Å². The summed E-state index contributed by atoms with van der Waals surface area (Å²) in [7, 11) is -1.73. The zero-order valence-electron chi connectivity index (χ0n) is 53.8. The van der Waals surface area contributed by atoms with Crippen LogP contribution in [-0.2, 0) is 19.4 Å². The van der Waals surface area contributed by atoms with Gasteiger partial charge in [-0.1, -0.05) is 194 Å². The molecule has 10 heteroatoms. The molecule has 0 radical (unpaired) electrons. The van der Waals surface area contributed by atoms with Crippen molar-refractivity contribution in [1.82, 2.24) is 0 Å². The third-order valence-corrected chi connectivity index (χ3v) is 21.4. The van der Waals surface area contributed by atoms with Crippen LogP contribution in [-0.4, -0.2) is 32.5 Å². The molecule has 0 saturated heterocycles. The van der Waals surface area contributed by atoms with E-state index >= 15 is 0 Å². The third-order valence-electron chi connectivity index (χ3n) is 15.1. The molecule has 2 heterocycles. The van der Waals surface area contributed by atoms with E-state index in [9.17, 15) is 4.79 Å². The first-order valence-corrected chi connectivity index (χ1v) is 35.5. The largest absolute Gasteiger partial charge is 1.00 e. The molecule has 0 fully saturated rings. The Bertz CT molecular complexity index is 3290. The fraction of sp³-hybridized carbons (Fsp3) is 0.263. The number of anilines is 2. The standard InChI is InChI=1S/C28H35NOS.C23H31NO2.C23H20PS.C6H5.ClH.Li/c1-3-5-10-20-29(19-6-4-2)26-17-15-25(16-18-27-14-11-21-31-27)28(22-26)30-23-24-12-8-7-9-13-24;1-3-5-10-16-24(15-6-4-2)22-14-13-21(18-25)23(17-22)26-19-20-11-8-7-9-12-20;1-4-11-20(12-5-1)24(19-23-17-10-18-25-23,21-13-6-2-7-14-21)22-15-8-3-9-16-22;1-2-4-6-5-3-1;;/h7-9,11-18,21-22H,3-6,10,19-20,23H2,1-2H3;7-9,11-14,17-18H,3-6,10,15-16,19H2,1-2H3;1-18H,19H2;1-5H;1H;/q;;+1;-1;;+1. The first-order chi connectivity index (χ1) is 43.5. The van der Waals surface area contributed by atoms with Crippen molar-refractivity contribution >= 4 is 88.1 Å². The zero-order chi connectivity index (χ0) is 61.5. The van der Waals surface area contributed by atoms with Gasteiger partial charge >= 0.3 is 18.9 Å². The Kier molecular flexibility index (Phi) is 35.9. The fourth-order valence-electron chi connectivity index (χ4n) is 10.2. The average Bonchev–Trinajstić information content (AvgIpc) is 0.943. The first-order valence-electron chi connectivity index (χ1n) is 31.7. The van der Waals surface area contributed by atoms with Crippen LogP contribution in [0, 0.1) is 6.07 Å². The average molecular weight is 1270 g/mol. The number of nitrogens with zero attached hydrogens (tertiary/aromatic N) is 2. The predicted octanol–water partition coefficient (Wildman–Crippen LogP) is 18.3. The van der Waals surface area contributed by atoms with Crippen molar-refractivity contribution in [3.05, 3.63) is 291 Å². The minimum Gasteiger partial charge on any atom is -0.488 e. The van der Waals surface area contributed by atoms with Crippen LogP contribution in [0.25, 0.3) is 12.2 Å². The first kappa shape index (κ1) is 73.8. The summed E-state index contributed by atoms with van der Waals surface area (Å²) in [6.07, 6.45) is 18.5. The normalized spacial score (nSPS) is 10.6. The van der Waals surface area contributed by atoms with E-state index in [1.54, 1.807) is 11.3 Å².